The molecule has 0 unspecified atom stereocenters. The second kappa shape index (κ2) is 30.2. The summed E-state index contributed by atoms with van der Waals surface area (Å²) in [6, 6.07) is 60.4. The third kappa shape index (κ3) is 17.0. The van der Waals surface area contributed by atoms with E-state index in [1.165, 1.54) is 0 Å². The standard InChI is InChI=1S/C69H86O13Si/c1-10-41-70-61-58(72-43-52-31-19-12-20-32-52)49(3)78-67(81-65-62(75-46-55-37-25-15-26-38-55)59(73-44-53-33-21-13-22-34-53)50(4)79-68(65)82-83(8,9)69(5,6)7)64(61)80-66-63(76-47-56-39-27-16-28-40-56)60(74-45-54-35-23-14-24-36-54)57(48(2)77-66)71-42-51-29-17-11-18-30-51/h10-40,48-50,57-68H,1,41-47H2,2-9H3/t48-,49+,50+,57-,58+,59+,60+,61-,62-,63+,64+,65+,66-,67-,68-/m0/s1. The molecule has 0 spiro atoms. The van der Waals surface area contributed by atoms with Crippen molar-refractivity contribution in [3.05, 3.63) is 228 Å². The maximum absolute atomic E-state index is 7.62. The average molecular weight is 1150 g/mol. The van der Waals surface area contributed by atoms with Crippen LogP contribution in [0.2, 0.25) is 18.1 Å². The molecule has 3 saturated heterocycles. The maximum Gasteiger partial charge on any atom is 0.195 e. The molecule has 3 heterocycles. The maximum atomic E-state index is 7.62. The molecule has 83 heavy (non-hydrogen) atoms. The van der Waals surface area contributed by atoms with Crippen molar-refractivity contribution in [1.82, 2.24) is 0 Å². The van der Waals surface area contributed by atoms with E-state index in [9.17, 15) is 0 Å². The minimum atomic E-state index is -2.61. The molecule has 0 amide bonds. The first-order chi connectivity index (χ1) is 40.2. The van der Waals surface area contributed by atoms with Crippen LogP contribution < -0.4 is 0 Å². The molecule has 0 aromatic heterocycles. The minimum absolute atomic E-state index is 0.155. The summed E-state index contributed by atoms with van der Waals surface area (Å²) in [4.78, 5) is 0. The summed E-state index contributed by atoms with van der Waals surface area (Å²) >= 11 is 0. The fourth-order valence-corrected chi connectivity index (χ4v) is 11.6. The van der Waals surface area contributed by atoms with Crippen LogP contribution in [-0.4, -0.2) is 107 Å². The van der Waals surface area contributed by atoms with Gasteiger partial charge in [-0.1, -0.05) is 209 Å². The molecule has 444 valence electrons. The van der Waals surface area contributed by atoms with Gasteiger partial charge in [0.05, 0.1) is 64.6 Å². The molecular weight excluding hydrogens is 1060 g/mol. The van der Waals surface area contributed by atoms with Crippen LogP contribution in [-0.2, 0) is 101 Å². The Hall–Kier alpha value is -5.24. The fraction of sp³-hybridized carbons (Fsp3) is 0.449. The molecule has 0 radical (unpaired) electrons. The Kier molecular flexibility index (Phi) is 22.7. The van der Waals surface area contributed by atoms with Crippen molar-refractivity contribution in [3.8, 4) is 0 Å². The summed E-state index contributed by atoms with van der Waals surface area (Å²) in [7, 11) is -2.61. The third-order valence-electron chi connectivity index (χ3n) is 16.1. The van der Waals surface area contributed by atoms with E-state index >= 15 is 0 Å². The van der Waals surface area contributed by atoms with Gasteiger partial charge in [-0.2, -0.15) is 0 Å². The number of ether oxygens (including phenoxy) is 12. The summed E-state index contributed by atoms with van der Waals surface area (Å²) in [6.07, 6.45) is -10.3. The average Bonchev–Trinajstić information content (AvgIpc) is 3.42. The van der Waals surface area contributed by atoms with E-state index in [0.29, 0.717) is 13.2 Å². The molecule has 3 aliphatic rings. The van der Waals surface area contributed by atoms with Gasteiger partial charge in [0.1, 0.15) is 54.9 Å². The summed E-state index contributed by atoms with van der Waals surface area (Å²) in [5.41, 5.74) is 5.92. The molecule has 3 aliphatic heterocycles. The number of hydrogen-bond acceptors (Lipinski definition) is 13. The number of hydrogen-bond donors (Lipinski definition) is 0. The Morgan fingerprint density at radius 3 is 0.928 bits per heavy atom. The van der Waals surface area contributed by atoms with E-state index < -0.39 is 100 Å². The van der Waals surface area contributed by atoms with Crippen molar-refractivity contribution in [2.45, 2.75) is 191 Å². The lowest BCUT2D eigenvalue weighted by atomic mass is 9.96. The Morgan fingerprint density at radius 1 is 0.361 bits per heavy atom. The Balaban J connectivity index is 1.14. The first-order valence-electron chi connectivity index (χ1n) is 29.4. The van der Waals surface area contributed by atoms with Gasteiger partial charge in [0, 0.05) is 0 Å². The van der Waals surface area contributed by atoms with Gasteiger partial charge in [-0.05, 0) is 72.3 Å². The molecule has 0 saturated carbocycles. The molecule has 14 heteroatoms. The smallest absolute Gasteiger partial charge is 0.195 e. The molecule has 15 atom stereocenters. The SMILES string of the molecule is C=CCO[C@@H]1[C@@H](O[C@@H]2O[C@@H](C)[C@H](OCc3ccccc3)[C@@H](OCc3ccccc3)[C@H]2OCc2ccccc2)[C@H](O[C@H]2[C@H](O[Si](C)(C)C(C)(C)C)O[C@H](C)[C@@H](OCc3ccccc3)[C@@H]2OCc2ccccc2)O[C@H](C)[C@H]1OCc1ccccc1. The van der Waals surface area contributed by atoms with Crippen molar-refractivity contribution in [1.29, 1.82) is 0 Å². The van der Waals surface area contributed by atoms with E-state index in [1.807, 2.05) is 203 Å². The second-order valence-corrected chi connectivity index (χ2v) is 28.1. The van der Waals surface area contributed by atoms with Crippen molar-refractivity contribution >= 4 is 8.32 Å². The third-order valence-corrected chi connectivity index (χ3v) is 20.5. The summed E-state index contributed by atoms with van der Waals surface area (Å²) in [5, 5.41) is -0.203. The normalized spacial score (nSPS) is 28.6. The molecule has 0 N–H and O–H groups in total. The highest BCUT2D eigenvalue weighted by Gasteiger charge is 2.57. The lowest BCUT2D eigenvalue weighted by molar-refractivity contribution is -0.396. The zero-order chi connectivity index (χ0) is 58.2. The van der Waals surface area contributed by atoms with Crippen molar-refractivity contribution < 1.29 is 61.3 Å². The Morgan fingerprint density at radius 2 is 0.614 bits per heavy atom. The van der Waals surface area contributed by atoms with E-state index in [0.717, 1.165) is 33.4 Å². The van der Waals surface area contributed by atoms with Crippen molar-refractivity contribution in [2.75, 3.05) is 6.61 Å². The lowest BCUT2D eigenvalue weighted by Crippen LogP contribution is -2.67. The largest absolute Gasteiger partial charge is 0.390 e. The highest BCUT2D eigenvalue weighted by molar-refractivity contribution is 6.74. The van der Waals surface area contributed by atoms with Crippen LogP contribution >= 0.6 is 0 Å². The predicted octanol–water partition coefficient (Wildman–Crippen LogP) is 13.1. The summed E-state index contributed by atoms with van der Waals surface area (Å²) < 4.78 is 92.9. The topological polar surface area (TPSA) is 120 Å². The van der Waals surface area contributed by atoms with Crippen LogP contribution in [0.5, 0.6) is 0 Å². The fourth-order valence-electron chi connectivity index (χ4n) is 10.5. The molecule has 3 fully saturated rings. The van der Waals surface area contributed by atoms with Gasteiger partial charge < -0.3 is 61.3 Å². The van der Waals surface area contributed by atoms with E-state index in [2.05, 4.69) is 40.4 Å². The molecule has 0 aliphatic carbocycles. The highest BCUT2D eigenvalue weighted by atomic mass is 28.4. The second-order valence-electron chi connectivity index (χ2n) is 23.4. The van der Waals surface area contributed by atoms with Crippen LogP contribution in [0.15, 0.2) is 195 Å². The van der Waals surface area contributed by atoms with Gasteiger partial charge in [-0.15, -0.1) is 6.58 Å². The van der Waals surface area contributed by atoms with Crippen LogP contribution in [0.4, 0.5) is 0 Å². The van der Waals surface area contributed by atoms with Crippen molar-refractivity contribution in [2.24, 2.45) is 0 Å². The van der Waals surface area contributed by atoms with Crippen molar-refractivity contribution in [3.63, 3.8) is 0 Å². The Labute approximate surface area is 493 Å². The molecular formula is C69H86O13Si. The van der Waals surface area contributed by atoms with Crippen LogP contribution in [0, 0.1) is 0 Å². The quantitative estimate of drug-likeness (QED) is 0.0360. The lowest BCUT2D eigenvalue weighted by Gasteiger charge is -2.52. The van der Waals surface area contributed by atoms with E-state index in [4.69, 9.17) is 61.3 Å². The van der Waals surface area contributed by atoms with E-state index in [-0.39, 0.29) is 38.1 Å². The molecule has 9 rings (SSSR count). The molecule has 6 aromatic carbocycles. The Bertz CT molecular complexity index is 2790. The first kappa shape index (κ1) is 62.3. The van der Waals surface area contributed by atoms with Gasteiger partial charge in [-0.25, -0.2) is 0 Å². The predicted molar refractivity (Wildman–Crippen MR) is 321 cm³/mol. The summed E-state index contributed by atoms with van der Waals surface area (Å²) in [5.74, 6) is 0. The highest BCUT2D eigenvalue weighted by Crippen LogP contribution is 2.43. The van der Waals surface area contributed by atoms with Gasteiger partial charge >= 0.3 is 0 Å². The van der Waals surface area contributed by atoms with E-state index in [1.54, 1.807) is 6.08 Å². The van der Waals surface area contributed by atoms with Gasteiger partial charge in [0.15, 0.2) is 27.2 Å². The number of benzene rings is 6. The summed E-state index contributed by atoms with van der Waals surface area (Å²) in [6.45, 7) is 22.9. The molecule has 6 aromatic rings. The molecule has 0 bridgehead atoms. The zero-order valence-electron chi connectivity index (χ0n) is 49.5. The first-order valence-corrected chi connectivity index (χ1v) is 32.3. The van der Waals surface area contributed by atoms with Crippen LogP contribution in [0.1, 0.15) is 74.9 Å². The minimum Gasteiger partial charge on any atom is -0.390 e. The molecule has 13 nitrogen and oxygen atoms in total. The zero-order valence-corrected chi connectivity index (χ0v) is 50.5. The van der Waals surface area contributed by atoms with Gasteiger partial charge in [-0.3, -0.25) is 0 Å². The van der Waals surface area contributed by atoms with Crippen LogP contribution in [0.3, 0.4) is 0 Å². The van der Waals surface area contributed by atoms with Crippen LogP contribution in [0.25, 0.3) is 0 Å². The monoisotopic (exact) mass is 1150 g/mol. The van der Waals surface area contributed by atoms with Gasteiger partial charge in [0.2, 0.25) is 0 Å². The van der Waals surface area contributed by atoms with Gasteiger partial charge in [0.25, 0.3) is 0 Å². The number of rotatable bonds is 27.